The molecule has 0 aliphatic rings. The Balaban J connectivity index is 2.34. The topological polar surface area (TPSA) is 64.6 Å². The lowest BCUT2D eigenvalue weighted by molar-refractivity contribution is -0.146. The number of benzene rings is 1. The summed E-state index contributed by atoms with van der Waals surface area (Å²) in [5.74, 6) is -0.0272. The summed E-state index contributed by atoms with van der Waals surface area (Å²) in [7, 11) is 1.59. The van der Waals surface area contributed by atoms with Crippen molar-refractivity contribution in [2.75, 3.05) is 13.7 Å². The lowest BCUT2D eigenvalue weighted by Gasteiger charge is -2.06. The minimum absolute atomic E-state index is 0.245. The third-order valence-electron chi connectivity index (χ3n) is 2.06. The van der Waals surface area contributed by atoms with Crippen LogP contribution in [0.4, 0.5) is 0 Å². The zero-order chi connectivity index (χ0) is 12.7. The smallest absolute Gasteiger partial charge is 0.303 e. The molecule has 1 rings (SSSR count). The molecule has 17 heavy (non-hydrogen) atoms. The van der Waals surface area contributed by atoms with Crippen LogP contribution >= 0.6 is 0 Å². The molecule has 1 aromatic rings. The first-order chi connectivity index (χ1) is 8.11. The SMILES string of the molecule is COc1ccc(CNC(=O)COC(C)=O)cc1. The summed E-state index contributed by atoms with van der Waals surface area (Å²) in [4.78, 5) is 21.7. The van der Waals surface area contributed by atoms with Crippen LogP contribution in [0.25, 0.3) is 0 Å². The van der Waals surface area contributed by atoms with Gasteiger partial charge in [0.1, 0.15) is 5.75 Å². The third-order valence-corrected chi connectivity index (χ3v) is 2.06. The largest absolute Gasteiger partial charge is 0.497 e. The Labute approximate surface area is 99.7 Å². The first kappa shape index (κ1) is 13.0. The maximum absolute atomic E-state index is 11.2. The molecular formula is C12H15NO4. The highest BCUT2D eigenvalue weighted by Gasteiger charge is 2.03. The minimum Gasteiger partial charge on any atom is -0.497 e. The summed E-state index contributed by atoms with van der Waals surface area (Å²) in [5, 5.41) is 2.63. The van der Waals surface area contributed by atoms with Crippen molar-refractivity contribution in [3.05, 3.63) is 29.8 Å². The fourth-order valence-electron chi connectivity index (χ4n) is 1.16. The molecule has 1 N–H and O–H groups in total. The molecule has 5 heteroatoms. The number of rotatable bonds is 5. The zero-order valence-corrected chi connectivity index (χ0v) is 9.86. The fraction of sp³-hybridized carbons (Fsp3) is 0.333. The van der Waals surface area contributed by atoms with Crippen molar-refractivity contribution in [3.63, 3.8) is 0 Å². The Morgan fingerprint density at radius 1 is 1.24 bits per heavy atom. The predicted molar refractivity (Wildman–Crippen MR) is 61.5 cm³/mol. The van der Waals surface area contributed by atoms with E-state index in [9.17, 15) is 9.59 Å². The number of amides is 1. The van der Waals surface area contributed by atoms with Gasteiger partial charge in [-0.25, -0.2) is 0 Å². The van der Waals surface area contributed by atoms with Gasteiger partial charge in [0, 0.05) is 13.5 Å². The molecule has 0 fully saturated rings. The van der Waals surface area contributed by atoms with Crippen molar-refractivity contribution in [1.29, 1.82) is 0 Å². The second-order valence-corrected chi connectivity index (χ2v) is 3.41. The number of nitrogens with one attached hydrogen (secondary N) is 1. The monoisotopic (exact) mass is 237 g/mol. The molecule has 0 heterocycles. The summed E-state index contributed by atoms with van der Waals surface area (Å²) >= 11 is 0. The normalized spacial score (nSPS) is 9.53. The van der Waals surface area contributed by atoms with E-state index in [0.717, 1.165) is 11.3 Å². The molecule has 0 saturated carbocycles. The van der Waals surface area contributed by atoms with Gasteiger partial charge < -0.3 is 14.8 Å². The lowest BCUT2D eigenvalue weighted by atomic mass is 10.2. The van der Waals surface area contributed by atoms with Crippen LogP contribution in [0.5, 0.6) is 5.75 Å². The standard InChI is InChI=1S/C12H15NO4/c1-9(14)17-8-12(15)13-7-10-3-5-11(16-2)6-4-10/h3-6H,7-8H2,1-2H3,(H,13,15). The molecule has 1 amide bonds. The second-order valence-electron chi connectivity index (χ2n) is 3.41. The number of hydrogen-bond donors (Lipinski definition) is 1. The highest BCUT2D eigenvalue weighted by Crippen LogP contribution is 2.10. The maximum Gasteiger partial charge on any atom is 0.303 e. The van der Waals surface area contributed by atoms with Crippen molar-refractivity contribution >= 4 is 11.9 Å². The Morgan fingerprint density at radius 2 is 1.88 bits per heavy atom. The average molecular weight is 237 g/mol. The van der Waals surface area contributed by atoms with Crippen LogP contribution in [0, 0.1) is 0 Å². The molecule has 92 valence electrons. The molecule has 0 aliphatic heterocycles. The highest BCUT2D eigenvalue weighted by atomic mass is 16.5. The Kier molecular flexibility index (Phi) is 5.00. The van der Waals surface area contributed by atoms with Gasteiger partial charge in [-0.2, -0.15) is 0 Å². The molecule has 5 nitrogen and oxygen atoms in total. The van der Waals surface area contributed by atoms with Crippen molar-refractivity contribution in [2.24, 2.45) is 0 Å². The molecule has 0 bridgehead atoms. The van der Waals surface area contributed by atoms with Gasteiger partial charge in [0.25, 0.3) is 5.91 Å². The molecule has 0 radical (unpaired) electrons. The summed E-state index contributed by atoms with van der Waals surface area (Å²) in [6.45, 7) is 1.41. The van der Waals surface area contributed by atoms with E-state index >= 15 is 0 Å². The average Bonchev–Trinajstić information content (AvgIpc) is 2.34. The van der Waals surface area contributed by atoms with Gasteiger partial charge in [-0.1, -0.05) is 12.1 Å². The zero-order valence-electron chi connectivity index (χ0n) is 9.86. The summed E-state index contributed by atoms with van der Waals surface area (Å²) in [6, 6.07) is 7.33. The highest BCUT2D eigenvalue weighted by molar-refractivity contribution is 5.79. The number of methoxy groups -OCH3 is 1. The molecule has 0 aliphatic carbocycles. The first-order valence-corrected chi connectivity index (χ1v) is 5.15. The van der Waals surface area contributed by atoms with Crippen LogP contribution < -0.4 is 10.1 Å². The molecule has 0 aromatic heterocycles. The van der Waals surface area contributed by atoms with Gasteiger partial charge >= 0.3 is 5.97 Å². The van der Waals surface area contributed by atoms with Crippen LogP contribution in [0.15, 0.2) is 24.3 Å². The van der Waals surface area contributed by atoms with E-state index in [1.54, 1.807) is 7.11 Å². The van der Waals surface area contributed by atoms with E-state index < -0.39 is 5.97 Å². The van der Waals surface area contributed by atoms with Gasteiger partial charge in [0.15, 0.2) is 6.61 Å². The minimum atomic E-state index is -0.468. The fourth-order valence-corrected chi connectivity index (χ4v) is 1.16. The van der Waals surface area contributed by atoms with Crippen molar-refractivity contribution in [3.8, 4) is 5.75 Å². The van der Waals surface area contributed by atoms with Crippen LogP contribution in [-0.2, 0) is 20.9 Å². The van der Waals surface area contributed by atoms with E-state index in [0.29, 0.717) is 6.54 Å². The second kappa shape index (κ2) is 6.52. The van der Waals surface area contributed by atoms with Gasteiger partial charge in [0.05, 0.1) is 7.11 Å². The summed E-state index contributed by atoms with van der Waals surface area (Å²) in [5.41, 5.74) is 0.946. The number of esters is 1. The number of carbonyl (C=O) groups is 2. The van der Waals surface area contributed by atoms with Crippen LogP contribution in [0.1, 0.15) is 12.5 Å². The van der Waals surface area contributed by atoms with Crippen LogP contribution in [0.2, 0.25) is 0 Å². The summed E-state index contributed by atoms with van der Waals surface area (Å²) in [6.07, 6.45) is 0. The van der Waals surface area contributed by atoms with Crippen LogP contribution in [-0.4, -0.2) is 25.6 Å². The Morgan fingerprint density at radius 3 is 2.41 bits per heavy atom. The lowest BCUT2D eigenvalue weighted by Crippen LogP contribution is -2.27. The van der Waals surface area contributed by atoms with E-state index in [2.05, 4.69) is 10.1 Å². The number of carbonyl (C=O) groups excluding carboxylic acids is 2. The Bertz CT molecular complexity index is 386. The van der Waals surface area contributed by atoms with Crippen molar-refractivity contribution in [2.45, 2.75) is 13.5 Å². The molecule has 0 unspecified atom stereocenters. The van der Waals surface area contributed by atoms with Gasteiger partial charge in [0.2, 0.25) is 0 Å². The van der Waals surface area contributed by atoms with Crippen molar-refractivity contribution in [1.82, 2.24) is 5.32 Å². The molecule has 0 atom stereocenters. The van der Waals surface area contributed by atoms with E-state index in [4.69, 9.17) is 4.74 Å². The number of ether oxygens (including phenoxy) is 2. The molecule has 0 saturated heterocycles. The van der Waals surface area contributed by atoms with Gasteiger partial charge in [-0.05, 0) is 17.7 Å². The molecule has 0 spiro atoms. The van der Waals surface area contributed by atoms with E-state index in [1.807, 2.05) is 24.3 Å². The van der Waals surface area contributed by atoms with Crippen LogP contribution in [0.3, 0.4) is 0 Å². The third kappa shape index (κ3) is 5.01. The van der Waals surface area contributed by atoms with E-state index in [-0.39, 0.29) is 12.5 Å². The quantitative estimate of drug-likeness (QED) is 0.772. The first-order valence-electron chi connectivity index (χ1n) is 5.15. The molecule has 1 aromatic carbocycles. The van der Waals surface area contributed by atoms with E-state index in [1.165, 1.54) is 6.92 Å². The summed E-state index contributed by atoms with van der Waals surface area (Å²) < 4.78 is 9.57. The van der Waals surface area contributed by atoms with Crippen molar-refractivity contribution < 1.29 is 19.1 Å². The molecular weight excluding hydrogens is 222 g/mol. The maximum atomic E-state index is 11.2. The predicted octanol–water partition coefficient (Wildman–Crippen LogP) is 0.874. The number of hydrogen-bond acceptors (Lipinski definition) is 4. The van der Waals surface area contributed by atoms with Gasteiger partial charge in [-0.15, -0.1) is 0 Å². The Hall–Kier alpha value is -2.04. The van der Waals surface area contributed by atoms with Gasteiger partial charge in [-0.3, -0.25) is 9.59 Å².